The molecule has 3 aliphatic rings. The number of carbonyl (C=O) groups is 4. The van der Waals surface area contributed by atoms with E-state index in [9.17, 15) is 19.2 Å². The van der Waals surface area contributed by atoms with E-state index in [1.807, 2.05) is 16.8 Å². The molecule has 2 N–H and O–H groups in total. The fourth-order valence-corrected chi connectivity index (χ4v) is 5.13. The number of ether oxygens (including phenoxy) is 1. The number of imide groups is 1. The van der Waals surface area contributed by atoms with Crippen molar-refractivity contribution in [2.24, 2.45) is 0 Å². The number of aromatic nitrogens is 3. The Labute approximate surface area is 210 Å². The molecule has 1 saturated heterocycles. The summed E-state index contributed by atoms with van der Waals surface area (Å²) in [5.41, 5.74) is 1.27. The van der Waals surface area contributed by atoms with Crippen LogP contribution in [0, 0.1) is 5.82 Å². The number of fused-ring (bicyclic) bond motifs is 2. The number of pyridine rings is 1. The molecule has 2 fully saturated rings. The molecule has 1 atom stereocenters. The van der Waals surface area contributed by atoms with E-state index in [2.05, 4.69) is 20.7 Å². The predicted molar refractivity (Wildman–Crippen MR) is 125 cm³/mol. The summed E-state index contributed by atoms with van der Waals surface area (Å²) in [6, 6.07) is 6.16. The molecule has 4 heterocycles. The average molecular weight is 506 g/mol. The SMILES string of the molecule is O=C1CC[C@H](N2Cc3ccc(CNC(=O)OC4CC(n5ncc6cccnc65)C4)c(F)c3C2=O)C(=O)N1. The number of hydrogen-bond donors (Lipinski definition) is 2. The molecule has 3 aromatic rings. The lowest BCUT2D eigenvalue weighted by Crippen LogP contribution is -2.52. The minimum Gasteiger partial charge on any atom is -0.446 e. The molecule has 12 heteroatoms. The molecule has 1 aliphatic carbocycles. The lowest BCUT2D eigenvalue weighted by atomic mass is 9.89. The van der Waals surface area contributed by atoms with E-state index in [0.29, 0.717) is 18.4 Å². The highest BCUT2D eigenvalue weighted by Gasteiger charge is 2.41. The van der Waals surface area contributed by atoms with Crippen LogP contribution >= 0.6 is 0 Å². The van der Waals surface area contributed by atoms with Crippen LogP contribution in [0.1, 0.15) is 53.2 Å². The normalized spacial score (nSPS) is 23.0. The summed E-state index contributed by atoms with van der Waals surface area (Å²) in [6.07, 6.45) is 4.00. The molecule has 37 heavy (non-hydrogen) atoms. The maximum absolute atomic E-state index is 15.2. The van der Waals surface area contributed by atoms with Crippen molar-refractivity contribution in [3.05, 3.63) is 59.2 Å². The highest BCUT2D eigenvalue weighted by Crippen LogP contribution is 2.36. The first-order valence-corrected chi connectivity index (χ1v) is 12.1. The number of rotatable bonds is 5. The standard InChI is InChI=1S/C25H23FN6O5/c26-21-13(3-4-15-12-31(24(35)20(15)21)18-5-6-19(33)30-23(18)34)10-28-25(36)37-17-8-16(9-17)32-22-14(11-29-32)2-1-7-27-22/h1-4,7,11,16-18H,5-6,8-10,12H2,(H,28,36)(H,30,33,34)/t16?,17?,18-/m0/s1. The summed E-state index contributed by atoms with van der Waals surface area (Å²) in [6.45, 7) is -0.0788. The Kier molecular flexibility index (Phi) is 5.58. The number of carbonyl (C=O) groups excluding carboxylic acids is 4. The Morgan fingerprint density at radius 3 is 2.86 bits per heavy atom. The minimum atomic E-state index is -0.824. The minimum absolute atomic E-state index is 0.0804. The molecule has 6 rings (SSSR count). The second-order valence-electron chi connectivity index (χ2n) is 9.48. The third-order valence-corrected chi connectivity index (χ3v) is 7.18. The second-order valence-corrected chi connectivity index (χ2v) is 9.48. The first-order chi connectivity index (χ1) is 17.9. The van der Waals surface area contributed by atoms with Crippen LogP contribution in [0.2, 0.25) is 0 Å². The lowest BCUT2D eigenvalue weighted by molar-refractivity contribution is -0.136. The zero-order valence-electron chi connectivity index (χ0n) is 19.6. The van der Waals surface area contributed by atoms with Crippen molar-refractivity contribution < 1.29 is 28.3 Å². The lowest BCUT2D eigenvalue weighted by Gasteiger charge is -2.34. The molecule has 1 aromatic carbocycles. The van der Waals surface area contributed by atoms with Crippen LogP contribution in [-0.2, 0) is 27.4 Å². The monoisotopic (exact) mass is 506 g/mol. The van der Waals surface area contributed by atoms with Crippen LogP contribution < -0.4 is 10.6 Å². The molecule has 0 bridgehead atoms. The smallest absolute Gasteiger partial charge is 0.407 e. The van der Waals surface area contributed by atoms with E-state index >= 15 is 4.39 Å². The predicted octanol–water partition coefficient (Wildman–Crippen LogP) is 1.96. The Hall–Kier alpha value is -4.35. The van der Waals surface area contributed by atoms with Gasteiger partial charge in [0.1, 0.15) is 18.0 Å². The Balaban J connectivity index is 1.04. The van der Waals surface area contributed by atoms with Crippen LogP contribution in [-0.4, -0.2) is 55.6 Å². The van der Waals surface area contributed by atoms with Crippen LogP contribution in [0.15, 0.2) is 36.7 Å². The van der Waals surface area contributed by atoms with Crippen molar-refractivity contribution in [3.8, 4) is 0 Å². The molecule has 1 saturated carbocycles. The molecule has 2 aromatic heterocycles. The van der Waals surface area contributed by atoms with Gasteiger partial charge in [0.2, 0.25) is 11.8 Å². The first kappa shape index (κ1) is 23.1. The van der Waals surface area contributed by atoms with E-state index in [0.717, 1.165) is 11.0 Å². The van der Waals surface area contributed by atoms with Gasteiger partial charge >= 0.3 is 6.09 Å². The van der Waals surface area contributed by atoms with Crippen molar-refractivity contribution in [1.82, 2.24) is 30.3 Å². The number of nitrogens with one attached hydrogen (secondary N) is 2. The number of nitrogens with zero attached hydrogens (tertiary/aromatic N) is 4. The van der Waals surface area contributed by atoms with Crippen molar-refractivity contribution in [3.63, 3.8) is 0 Å². The summed E-state index contributed by atoms with van der Waals surface area (Å²) < 4.78 is 22.5. The molecule has 190 valence electrons. The molecule has 4 amide bonds. The Morgan fingerprint density at radius 2 is 2.05 bits per heavy atom. The largest absolute Gasteiger partial charge is 0.446 e. The molecule has 0 radical (unpaired) electrons. The van der Waals surface area contributed by atoms with Gasteiger partial charge in [0.15, 0.2) is 5.65 Å². The molecule has 0 unspecified atom stereocenters. The van der Waals surface area contributed by atoms with E-state index in [-0.39, 0.29) is 55.1 Å². The number of piperidine rings is 1. The number of halogens is 1. The maximum Gasteiger partial charge on any atom is 0.407 e. The van der Waals surface area contributed by atoms with Gasteiger partial charge in [-0.15, -0.1) is 0 Å². The van der Waals surface area contributed by atoms with E-state index < -0.39 is 29.8 Å². The third kappa shape index (κ3) is 4.07. The number of hydrogen-bond acceptors (Lipinski definition) is 7. The van der Waals surface area contributed by atoms with Gasteiger partial charge in [0.05, 0.1) is 17.8 Å². The van der Waals surface area contributed by atoms with Crippen molar-refractivity contribution >= 4 is 34.8 Å². The summed E-state index contributed by atoms with van der Waals surface area (Å²) in [7, 11) is 0. The van der Waals surface area contributed by atoms with Gasteiger partial charge in [-0.3, -0.25) is 19.7 Å². The zero-order chi connectivity index (χ0) is 25.7. The molecule has 0 spiro atoms. The van der Waals surface area contributed by atoms with E-state index in [1.54, 1.807) is 18.5 Å². The van der Waals surface area contributed by atoms with Gasteiger partial charge in [-0.25, -0.2) is 18.9 Å². The molecular formula is C25H23FN6O5. The van der Waals surface area contributed by atoms with E-state index in [4.69, 9.17) is 4.74 Å². The van der Waals surface area contributed by atoms with Crippen LogP contribution in [0.5, 0.6) is 0 Å². The zero-order valence-corrected chi connectivity index (χ0v) is 19.6. The topological polar surface area (TPSA) is 136 Å². The van der Waals surface area contributed by atoms with Crippen molar-refractivity contribution in [2.75, 3.05) is 0 Å². The van der Waals surface area contributed by atoms with Crippen molar-refractivity contribution in [2.45, 2.75) is 57.0 Å². The fraction of sp³-hybridized carbons (Fsp3) is 0.360. The third-order valence-electron chi connectivity index (χ3n) is 7.18. The maximum atomic E-state index is 15.2. The number of alkyl carbamates (subject to hydrolysis) is 1. The van der Waals surface area contributed by atoms with Crippen LogP contribution in [0.25, 0.3) is 11.0 Å². The van der Waals surface area contributed by atoms with Crippen molar-refractivity contribution in [1.29, 1.82) is 0 Å². The Bertz CT molecular complexity index is 1450. The van der Waals surface area contributed by atoms with Crippen LogP contribution in [0.3, 0.4) is 0 Å². The quantitative estimate of drug-likeness (QED) is 0.505. The van der Waals surface area contributed by atoms with Gasteiger partial charge in [0, 0.05) is 49.5 Å². The van der Waals surface area contributed by atoms with Gasteiger partial charge in [-0.2, -0.15) is 5.10 Å². The molecular weight excluding hydrogens is 483 g/mol. The molecule has 11 nitrogen and oxygen atoms in total. The van der Waals surface area contributed by atoms with Gasteiger partial charge in [-0.05, 0) is 24.1 Å². The highest BCUT2D eigenvalue weighted by atomic mass is 19.1. The van der Waals surface area contributed by atoms with Gasteiger partial charge < -0.3 is 15.0 Å². The fourth-order valence-electron chi connectivity index (χ4n) is 5.13. The van der Waals surface area contributed by atoms with E-state index in [1.165, 1.54) is 11.0 Å². The average Bonchev–Trinajstić information content (AvgIpc) is 3.42. The highest BCUT2D eigenvalue weighted by molar-refractivity contribution is 6.05. The second kappa shape index (κ2) is 8.95. The van der Waals surface area contributed by atoms with Gasteiger partial charge in [0.25, 0.3) is 5.91 Å². The summed E-state index contributed by atoms with van der Waals surface area (Å²) in [5.74, 6) is -2.29. The summed E-state index contributed by atoms with van der Waals surface area (Å²) >= 11 is 0. The Morgan fingerprint density at radius 1 is 1.22 bits per heavy atom. The van der Waals surface area contributed by atoms with Crippen LogP contribution in [0.4, 0.5) is 9.18 Å². The number of amides is 4. The van der Waals surface area contributed by atoms with Gasteiger partial charge in [-0.1, -0.05) is 12.1 Å². The number of benzene rings is 1. The molecule has 2 aliphatic heterocycles. The summed E-state index contributed by atoms with van der Waals surface area (Å²) in [4.78, 5) is 54.5. The summed E-state index contributed by atoms with van der Waals surface area (Å²) in [5, 5.41) is 10.1. The first-order valence-electron chi connectivity index (χ1n) is 12.1.